The van der Waals surface area contributed by atoms with Crippen molar-refractivity contribution in [2.24, 2.45) is 0 Å². The van der Waals surface area contributed by atoms with Crippen LogP contribution in [0, 0.1) is 12.7 Å². The molecule has 0 bridgehead atoms. The molecule has 1 atom stereocenters. The van der Waals surface area contributed by atoms with Crippen LogP contribution in [-0.2, 0) is 13.0 Å². The highest BCUT2D eigenvalue weighted by atomic mass is 32.1. The summed E-state index contributed by atoms with van der Waals surface area (Å²) in [6.45, 7) is 6.80. The molecule has 0 aliphatic carbocycles. The Labute approximate surface area is 215 Å². The fourth-order valence-corrected chi connectivity index (χ4v) is 4.81. The average molecular weight is 499 g/mol. The first-order chi connectivity index (χ1) is 17.4. The molecule has 0 saturated carbocycles. The molecule has 0 radical (unpaired) electrons. The standard InChI is InChI=1S/C29H27FN4OS/c1-4-20-8-10-23(11-9-20)27-32-28(35-33-27)25-19(3)34(17-21-7-5-6-18(2)16-21)29(36)31-26(25)22-12-14-24(30)15-13-22/h5-16,26H,4,17H2,1-3H3,(H,31,36). The summed E-state index contributed by atoms with van der Waals surface area (Å²) >= 11 is 5.79. The van der Waals surface area contributed by atoms with E-state index in [1.54, 1.807) is 12.1 Å². The van der Waals surface area contributed by atoms with Crippen molar-refractivity contribution in [3.05, 3.63) is 112 Å². The van der Waals surface area contributed by atoms with Gasteiger partial charge in [-0.1, -0.05) is 78.3 Å². The van der Waals surface area contributed by atoms with E-state index in [0.717, 1.165) is 34.4 Å². The van der Waals surface area contributed by atoms with Crippen LogP contribution in [0.15, 0.2) is 83.0 Å². The highest BCUT2D eigenvalue weighted by Crippen LogP contribution is 2.38. The molecule has 1 aliphatic rings. The molecule has 3 aromatic carbocycles. The van der Waals surface area contributed by atoms with Crippen LogP contribution in [0.4, 0.5) is 4.39 Å². The van der Waals surface area contributed by atoms with Gasteiger partial charge in [-0.05, 0) is 61.3 Å². The smallest absolute Gasteiger partial charge is 0.258 e. The van der Waals surface area contributed by atoms with E-state index in [-0.39, 0.29) is 11.9 Å². The highest BCUT2D eigenvalue weighted by molar-refractivity contribution is 7.80. The van der Waals surface area contributed by atoms with Crippen LogP contribution in [0.5, 0.6) is 0 Å². The minimum Gasteiger partial charge on any atom is -0.351 e. The van der Waals surface area contributed by atoms with E-state index in [2.05, 4.69) is 54.7 Å². The summed E-state index contributed by atoms with van der Waals surface area (Å²) in [6.07, 6.45) is 0.964. The Morgan fingerprint density at radius 1 is 1.00 bits per heavy atom. The van der Waals surface area contributed by atoms with Crippen molar-refractivity contribution in [2.75, 3.05) is 0 Å². The lowest BCUT2D eigenvalue weighted by molar-refractivity contribution is 0.396. The molecule has 36 heavy (non-hydrogen) atoms. The second kappa shape index (κ2) is 10.0. The third-order valence-electron chi connectivity index (χ3n) is 6.50. The molecular weight excluding hydrogens is 471 g/mol. The zero-order valence-corrected chi connectivity index (χ0v) is 21.3. The Hall–Kier alpha value is -3.84. The number of hydrogen-bond donors (Lipinski definition) is 1. The fourth-order valence-electron chi connectivity index (χ4n) is 4.49. The fraction of sp³-hybridized carbons (Fsp3) is 0.207. The van der Waals surface area contributed by atoms with Crippen molar-refractivity contribution in [2.45, 2.75) is 39.8 Å². The Balaban J connectivity index is 1.58. The maximum absolute atomic E-state index is 13.7. The first-order valence-corrected chi connectivity index (χ1v) is 12.4. The average Bonchev–Trinajstić information content (AvgIpc) is 3.36. The first-order valence-electron chi connectivity index (χ1n) is 12.0. The molecule has 7 heteroatoms. The lowest BCUT2D eigenvalue weighted by Gasteiger charge is -2.37. The number of aryl methyl sites for hydroxylation is 2. The number of hydrogen-bond acceptors (Lipinski definition) is 4. The SMILES string of the molecule is CCc1ccc(-c2noc(C3=C(C)N(Cc4cccc(C)c4)C(=S)NC3c3ccc(F)cc3)n2)cc1. The molecule has 182 valence electrons. The molecule has 5 rings (SSSR count). The van der Waals surface area contributed by atoms with Gasteiger partial charge in [-0.25, -0.2) is 4.39 Å². The predicted molar refractivity (Wildman–Crippen MR) is 143 cm³/mol. The van der Waals surface area contributed by atoms with Crippen molar-refractivity contribution >= 4 is 22.9 Å². The van der Waals surface area contributed by atoms with Gasteiger partial charge in [0.05, 0.1) is 11.6 Å². The van der Waals surface area contributed by atoms with Gasteiger partial charge in [0.25, 0.3) is 5.89 Å². The van der Waals surface area contributed by atoms with E-state index in [9.17, 15) is 4.39 Å². The highest BCUT2D eigenvalue weighted by Gasteiger charge is 2.34. The van der Waals surface area contributed by atoms with Crippen molar-refractivity contribution in [3.63, 3.8) is 0 Å². The zero-order chi connectivity index (χ0) is 25.2. The van der Waals surface area contributed by atoms with Crippen LogP contribution < -0.4 is 5.32 Å². The first kappa shape index (κ1) is 23.9. The minimum atomic E-state index is -0.359. The maximum atomic E-state index is 13.7. The summed E-state index contributed by atoms with van der Waals surface area (Å²) < 4.78 is 19.5. The van der Waals surface area contributed by atoms with Crippen LogP contribution in [0.2, 0.25) is 0 Å². The van der Waals surface area contributed by atoms with Gasteiger partial charge in [-0.3, -0.25) is 0 Å². The summed E-state index contributed by atoms with van der Waals surface area (Å²) in [5.41, 5.74) is 7.03. The summed E-state index contributed by atoms with van der Waals surface area (Å²) in [7, 11) is 0. The third kappa shape index (κ3) is 4.79. The van der Waals surface area contributed by atoms with E-state index in [4.69, 9.17) is 21.7 Å². The molecule has 1 aliphatic heterocycles. The van der Waals surface area contributed by atoms with Gasteiger partial charge in [-0.15, -0.1) is 0 Å². The monoisotopic (exact) mass is 498 g/mol. The van der Waals surface area contributed by atoms with Gasteiger partial charge < -0.3 is 14.7 Å². The normalized spacial score (nSPS) is 15.8. The van der Waals surface area contributed by atoms with E-state index in [0.29, 0.717) is 23.4 Å². The summed E-state index contributed by atoms with van der Waals surface area (Å²) in [4.78, 5) is 6.81. The van der Waals surface area contributed by atoms with E-state index >= 15 is 0 Å². The molecule has 0 spiro atoms. The molecule has 1 aromatic heterocycles. The number of halogens is 1. The van der Waals surface area contributed by atoms with Crippen molar-refractivity contribution in [3.8, 4) is 11.4 Å². The number of aromatic nitrogens is 2. The Bertz CT molecular complexity index is 1430. The van der Waals surface area contributed by atoms with Gasteiger partial charge in [0.1, 0.15) is 5.82 Å². The quantitative estimate of drug-likeness (QED) is 0.302. The van der Waals surface area contributed by atoms with Gasteiger partial charge in [0.15, 0.2) is 5.11 Å². The molecule has 1 unspecified atom stereocenters. The van der Waals surface area contributed by atoms with E-state index in [1.165, 1.54) is 23.3 Å². The van der Waals surface area contributed by atoms with E-state index < -0.39 is 0 Å². The van der Waals surface area contributed by atoms with Crippen molar-refractivity contribution in [1.82, 2.24) is 20.4 Å². The van der Waals surface area contributed by atoms with Crippen LogP contribution in [-0.4, -0.2) is 20.2 Å². The largest absolute Gasteiger partial charge is 0.351 e. The minimum absolute atomic E-state index is 0.295. The van der Waals surface area contributed by atoms with Crippen molar-refractivity contribution < 1.29 is 8.91 Å². The van der Waals surface area contributed by atoms with Crippen LogP contribution in [0.3, 0.4) is 0 Å². The van der Waals surface area contributed by atoms with E-state index in [1.807, 2.05) is 30.0 Å². The Morgan fingerprint density at radius 2 is 1.75 bits per heavy atom. The number of nitrogens with zero attached hydrogens (tertiary/aromatic N) is 3. The molecule has 0 saturated heterocycles. The summed E-state index contributed by atoms with van der Waals surface area (Å²) in [5.74, 6) is 0.626. The van der Waals surface area contributed by atoms with Gasteiger partial charge in [0.2, 0.25) is 5.82 Å². The van der Waals surface area contributed by atoms with Crippen LogP contribution in [0.25, 0.3) is 17.0 Å². The molecule has 0 amide bonds. The number of thiocarbonyl (C=S) groups is 1. The van der Waals surface area contributed by atoms with Crippen molar-refractivity contribution in [1.29, 1.82) is 0 Å². The molecule has 5 nitrogen and oxygen atoms in total. The Morgan fingerprint density at radius 3 is 2.44 bits per heavy atom. The third-order valence-corrected chi connectivity index (χ3v) is 6.84. The summed E-state index contributed by atoms with van der Waals surface area (Å²) in [5, 5.41) is 8.29. The summed E-state index contributed by atoms with van der Waals surface area (Å²) in [6, 6.07) is 22.5. The molecular formula is C29H27FN4OS. The van der Waals surface area contributed by atoms with Crippen LogP contribution in [0.1, 0.15) is 48.0 Å². The van der Waals surface area contributed by atoms with Gasteiger partial charge in [0, 0.05) is 17.8 Å². The second-order valence-corrected chi connectivity index (χ2v) is 9.37. The molecule has 0 fully saturated rings. The lowest BCUT2D eigenvalue weighted by Crippen LogP contribution is -2.45. The number of benzene rings is 3. The predicted octanol–water partition coefficient (Wildman–Crippen LogP) is 6.61. The molecule has 1 N–H and O–H groups in total. The number of allylic oxidation sites excluding steroid dienone is 1. The zero-order valence-electron chi connectivity index (χ0n) is 20.5. The number of rotatable bonds is 6. The van der Waals surface area contributed by atoms with Gasteiger partial charge >= 0.3 is 0 Å². The molecule has 2 heterocycles. The van der Waals surface area contributed by atoms with Crippen LogP contribution >= 0.6 is 12.2 Å². The second-order valence-electron chi connectivity index (χ2n) is 8.98. The Kier molecular flexibility index (Phi) is 6.65. The number of nitrogens with one attached hydrogen (secondary N) is 1. The van der Waals surface area contributed by atoms with Gasteiger partial charge in [-0.2, -0.15) is 4.98 Å². The molecule has 4 aromatic rings. The topological polar surface area (TPSA) is 54.2 Å². The maximum Gasteiger partial charge on any atom is 0.258 e. The lowest BCUT2D eigenvalue weighted by atomic mass is 9.94.